The molecule has 0 saturated carbocycles. The Morgan fingerprint density at radius 2 is 1.53 bits per heavy atom. The maximum atomic E-state index is 5.92. The zero-order chi connectivity index (χ0) is 14.0. The van der Waals surface area contributed by atoms with Gasteiger partial charge in [-0.15, -0.1) is 0 Å². The Balaban J connectivity index is 2.22. The van der Waals surface area contributed by atoms with E-state index < -0.39 is 0 Å². The van der Waals surface area contributed by atoms with Gasteiger partial charge in [-0.3, -0.25) is 0 Å². The van der Waals surface area contributed by atoms with Crippen LogP contribution in [0.5, 0.6) is 5.75 Å². The summed E-state index contributed by atoms with van der Waals surface area (Å²) in [5.41, 5.74) is 4.75. The summed E-state index contributed by atoms with van der Waals surface area (Å²) in [5, 5.41) is 0.0394. The van der Waals surface area contributed by atoms with Gasteiger partial charge in [-0.05, 0) is 62.9 Å². The number of alkyl halides is 2. The molecule has 1 aromatic carbocycles. The molecular weight excluding hydrogens is 368 g/mol. The van der Waals surface area contributed by atoms with Crippen LogP contribution in [0.15, 0.2) is 12.1 Å². The Morgan fingerprint density at radius 3 is 2.11 bits per heavy atom. The maximum Gasteiger partial charge on any atom is 0.169 e. The van der Waals surface area contributed by atoms with Crippen molar-refractivity contribution in [2.24, 2.45) is 0 Å². The number of fused-ring (bicyclic) bond motifs is 2. The number of hydrogen-bond acceptors (Lipinski definition) is 1. The van der Waals surface area contributed by atoms with E-state index in [9.17, 15) is 0 Å². The lowest BCUT2D eigenvalue weighted by atomic mass is 9.63. The number of ether oxygens (including phenoxy) is 1. The van der Waals surface area contributed by atoms with Crippen molar-refractivity contribution in [3.05, 3.63) is 28.8 Å². The van der Waals surface area contributed by atoms with Crippen molar-refractivity contribution in [1.82, 2.24) is 0 Å². The highest BCUT2D eigenvalue weighted by atomic mass is 79.9. The van der Waals surface area contributed by atoms with Gasteiger partial charge in [-0.25, -0.2) is 0 Å². The summed E-state index contributed by atoms with van der Waals surface area (Å²) in [4.78, 5) is 0.244. The second-order valence-corrected chi connectivity index (χ2v) is 8.96. The fourth-order valence-corrected chi connectivity index (χ4v) is 4.20. The van der Waals surface area contributed by atoms with Gasteiger partial charge in [0.15, 0.2) is 5.01 Å². The van der Waals surface area contributed by atoms with Crippen molar-refractivity contribution in [3.8, 4) is 5.75 Å². The van der Waals surface area contributed by atoms with Crippen molar-refractivity contribution >= 4 is 31.9 Å². The molecule has 0 bridgehead atoms. The number of halogens is 2. The van der Waals surface area contributed by atoms with Crippen LogP contribution in [0, 0.1) is 0 Å². The van der Waals surface area contributed by atoms with E-state index in [1.165, 1.54) is 29.5 Å². The normalized spacial score (nSPS) is 30.4. The van der Waals surface area contributed by atoms with E-state index in [0.717, 1.165) is 5.75 Å². The van der Waals surface area contributed by atoms with E-state index in [2.05, 4.69) is 71.7 Å². The van der Waals surface area contributed by atoms with Gasteiger partial charge in [0.05, 0.1) is 4.83 Å². The van der Waals surface area contributed by atoms with Crippen LogP contribution >= 0.6 is 31.9 Å². The maximum absolute atomic E-state index is 5.92. The fraction of sp³-hybridized carbons (Fsp3) is 0.625. The van der Waals surface area contributed by atoms with Crippen LogP contribution in [0.2, 0.25) is 0 Å². The summed E-state index contributed by atoms with van der Waals surface area (Å²) in [6, 6.07) is 4.65. The third kappa shape index (κ3) is 2.08. The topological polar surface area (TPSA) is 9.23 Å². The lowest BCUT2D eigenvalue weighted by molar-refractivity contribution is 0.318. The van der Waals surface area contributed by atoms with E-state index >= 15 is 0 Å². The van der Waals surface area contributed by atoms with Crippen LogP contribution < -0.4 is 4.74 Å². The van der Waals surface area contributed by atoms with Crippen LogP contribution in [-0.2, 0) is 10.8 Å². The van der Waals surface area contributed by atoms with Crippen molar-refractivity contribution in [2.75, 3.05) is 0 Å². The molecule has 0 amide bonds. The quantitative estimate of drug-likeness (QED) is 0.527. The molecule has 2 atom stereocenters. The molecule has 104 valence electrons. The first-order valence-electron chi connectivity index (χ1n) is 6.86. The van der Waals surface area contributed by atoms with E-state index in [1.54, 1.807) is 0 Å². The highest BCUT2D eigenvalue weighted by molar-refractivity contribution is 9.12. The minimum absolute atomic E-state index is 0.0394. The zero-order valence-corrected chi connectivity index (χ0v) is 15.1. The molecule has 3 rings (SSSR count). The molecule has 0 N–H and O–H groups in total. The summed E-state index contributed by atoms with van der Waals surface area (Å²) < 4.78 is 5.92. The first-order chi connectivity index (χ1) is 8.72. The van der Waals surface area contributed by atoms with Crippen LogP contribution in [-0.4, -0.2) is 5.01 Å². The lowest BCUT2D eigenvalue weighted by Gasteiger charge is -2.42. The largest absolute Gasteiger partial charge is 0.477 e. The Kier molecular flexibility index (Phi) is 3.11. The van der Waals surface area contributed by atoms with E-state index in [-0.39, 0.29) is 20.7 Å². The van der Waals surface area contributed by atoms with Gasteiger partial charge in [0, 0.05) is 5.56 Å². The van der Waals surface area contributed by atoms with Crippen molar-refractivity contribution < 1.29 is 4.74 Å². The molecule has 0 radical (unpaired) electrons. The van der Waals surface area contributed by atoms with Crippen molar-refractivity contribution in [1.29, 1.82) is 0 Å². The molecule has 0 spiro atoms. The number of rotatable bonds is 0. The van der Waals surface area contributed by atoms with Crippen LogP contribution in [0.25, 0.3) is 0 Å². The number of hydrogen-bond donors (Lipinski definition) is 0. The summed E-state index contributed by atoms with van der Waals surface area (Å²) in [7, 11) is 0. The van der Waals surface area contributed by atoms with Gasteiger partial charge in [-0.2, -0.15) is 0 Å². The predicted octanol–water partition coefficient (Wildman–Crippen LogP) is 5.59. The molecule has 2 unspecified atom stereocenters. The molecule has 1 nitrogen and oxygen atoms in total. The third-order valence-corrected chi connectivity index (χ3v) is 7.15. The molecule has 3 heteroatoms. The molecule has 1 aromatic rings. The van der Waals surface area contributed by atoms with Crippen molar-refractivity contribution in [3.63, 3.8) is 0 Å². The molecule has 2 aliphatic rings. The highest BCUT2D eigenvalue weighted by Crippen LogP contribution is 2.52. The average molecular weight is 388 g/mol. The Bertz CT molecular complexity index is 534. The average Bonchev–Trinajstić information content (AvgIpc) is 2.60. The molecule has 0 fully saturated rings. The molecule has 0 saturated heterocycles. The fourth-order valence-electron chi connectivity index (χ4n) is 3.25. The van der Waals surface area contributed by atoms with E-state index in [0.29, 0.717) is 0 Å². The Labute approximate surface area is 132 Å². The summed E-state index contributed by atoms with van der Waals surface area (Å²) in [6.07, 6.45) is 2.48. The molecule has 1 heterocycles. The van der Waals surface area contributed by atoms with Gasteiger partial charge in [0.2, 0.25) is 0 Å². The first kappa shape index (κ1) is 13.9. The highest BCUT2D eigenvalue weighted by Gasteiger charge is 2.40. The smallest absolute Gasteiger partial charge is 0.169 e. The van der Waals surface area contributed by atoms with Gasteiger partial charge >= 0.3 is 0 Å². The lowest BCUT2D eigenvalue weighted by Crippen LogP contribution is -2.33. The predicted molar refractivity (Wildman–Crippen MR) is 86.7 cm³/mol. The van der Waals surface area contributed by atoms with Crippen molar-refractivity contribution in [2.45, 2.75) is 61.2 Å². The Hall–Kier alpha value is -0.0200. The first-order valence-corrected chi connectivity index (χ1v) is 8.69. The molecule has 1 aliphatic carbocycles. The molecule has 19 heavy (non-hydrogen) atoms. The van der Waals surface area contributed by atoms with E-state index in [4.69, 9.17) is 4.74 Å². The van der Waals surface area contributed by atoms with Crippen LogP contribution in [0.3, 0.4) is 0 Å². The van der Waals surface area contributed by atoms with Gasteiger partial charge in [-0.1, -0.05) is 43.6 Å². The third-order valence-electron chi connectivity index (χ3n) is 4.75. The summed E-state index contributed by atoms with van der Waals surface area (Å²) in [6.45, 7) is 9.41. The summed E-state index contributed by atoms with van der Waals surface area (Å²) >= 11 is 7.31. The van der Waals surface area contributed by atoms with Gasteiger partial charge < -0.3 is 4.74 Å². The van der Waals surface area contributed by atoms with Crippen LogP contribution in [0.1, 0.15) is 62.1 Å². The van der Waals surface area contributed by atoms with Crippen LogP contribution in [0.4, 0.5) is 0 Å². The van der Waals surface area contributed by atoms with Gasteiger partial charge in [0.25, 0.3) is 0 Å². The summed E-state index contributed by atoms with van der Waals surface area (Å²) in [5.74, 6) is 1.04. The second-order valence-electron chi connectivity index (χ2n) is 7.07. The number of benzene rings is 1. The van der Waals surface area contributed by atoms with Gasteiger partial charge in [0.1, 0.15) is 5.75 Å². The minimum atomic E-state index is 0.0394. The molecule has 0 aromatic heterocycles. The molecule has 1 aliphatic heterocycles. The molecular formula is C16H20Br2O. The monoisotopic (exact) mass is 386 g/mol. The van der Waals surface area contributed by atoms with E-state index in [1.807, 2.05) is 0 Å². The second kappa shape index (κ2) is 4.24. The minimum Gasteiger partial charge on any atom is -0.477 e. The standard InChI is InChI=1S/C16H20Br2O/c1-15(2)5-6-16(3,4)11-8-12-9(7-10(11)15)13(17)14(18)19-12/h7-8,13-14H,5-6H2,1-4H3. The Morgan fingerprint density at radius 1 is 1.00 bits per heavy atom. The SMILES string of the molecule is CC1(C)CCC(C)(C)c2cc3c(cc21)OC(Br)C3Br. The zero-order valence-electron chi connectivity index (χ0n) is 11.9.